The number of aliphatic carboxylic acids is 1. The molecule has 1 aliphatic rings. The van der Waals surface area contributed by atoms with Crippen molar-refractivity contribution >= 4 is 17.6 Å². The summed E-state index contributed by atoms with van der Waals surface area (Å²) in [5, 5.41) is 12.3. The van der Waals surface area contributed by atoms with Gasteiger partial charge in [-0.1, -0.05) is 13.0 Å². The topological polar surface area (TPSA) is 92.4 Å². The largest absolute Gasteiger partial charge is 0.481 e. The summed E-state index contributed by atoms with van der Waals surface area (Å²) in [6, 6.07) is 6.67. The van der Waals surface area contributed by atoms with E-state index in [0.29, 0.717) is 30.0 Å². The molecule has 0 aliphatic heterocycles. The summed E-state index contributed by atoms with van der Waals surface area (Å²) in [5.74, 6) is -0.536. The smallest absolute Gasteiger partial charge is 0.311 e. The Kier molecular flexibility index (Phi) is 4.50. The Hall–Kier alpha value is -2.04. The molecule has 0 heterocycles. The summed E-state index contributed by atoms with van der Waals surface area (Å²) in [6.07, 6.45) is 3.00. The standard InChI is InChI=1S/C16H22N2O3/c1-11-5-7-16(8-6-11,15(20)21)10-18-14(19)12-3-2-4-13(17)9-12/h2-4,9,11H,5-8,10,17H2,1H3,(H,18,19)(H,20,21). The van der Waals surface area contributed by atoms with Crippen LogP contribution in [0.25, 0.3) is 0 Å². The van der Waals surface area contributed by atoms with Crippen molar-refractivity contribution in [3.8, 4) is 0 Å². The first-order valence-electron chi connectivity index (χ1n) is 7.30. The van der Waals surface area contributed by atoms with E-state index >= 15 is 0 Å². The second-order valence-electron chi connectivity index (χ2n) is 6.08. The molecular formula is C16H22N2O3. The van der Waals surface area contributed by atoms with E-state index in [-0.39, 0.29) is 12.5 Å². The van der Waals surface area contributed by atoms with Crippen molar-refractivity contribution in [1.29, 1.82) is 0 Å². The number of anilines is 1. The molecule has 1 saturated carbocycles. The lowest BCUT2D eigenvalue weighted by Gasteiger charge is -2.35. The monoisotopic (exact) mass is 290 g/mol. The number of hydrogen-bond acceptors (Lipinski definition) is 3. The molecule has 0 radical (unpaired) electrons. The number of nitrogens with two attached hydrogens (primary N) is 1. The highest BCUT2D eigenvalue weighted by Gasteiger charge is 2.41. The van der Waals surface area contributed by atoms with Gasteiger partial charge in [-0.2, -0.15) is 0 Å². The molecule has 21 heavy (non-hydrogen) atoms. The lowest BCUT2D eigenvalue weighted by Crippen LogP contribution is -2.45. The van der Waals surface area contributed by atoms with Gasteiger partial charge in [0.05, 0.1) is 5.41 Å². The molecule has 1 aromatic carbocycles. The van der Waals surface area contributed by atoms with Crippen LogP contribution >= 0.6 is 0 Å². The van der Waals surface area contributed by atoms with Crippen molar-refractivity contribution in [2.75, 3.05) is 12.3 Å². The predicted molar refractivity (Wildman–Crippen MR) is 80.9 cm³/mol. The van der Waals surface area contributed by atoms with Crippen LogP contribution in [-0.4, -0.2) is 23.5 Å². The first kappa shape index (κ1) is 15.4. The Morgan fingerprint density at radius 1 is 1.38 bits per heavy atom. The van der Waals surface area contributed by atoms with Gasteiger partial charge in [0.1, 0.15) is 0 Å². The van der Waals surface area contributed by atoms with E-state index < -0.39 is 11.4 Å². The zero-order valence-corrected chi connectivity index (χ0v) is 12.3. The number of carbonyl (C=O) groups is 2. The lowest BCUT2D eigenvalue weighted by molar-refractivity contribution is -0.151. The molecule has 1 aromatic rings. The molecule has 5 nitrogen and oxygen atoms in total. The van der Waals surface area contributed by atoms with Crippen molar-refractivity contribution in [2.45, 2.75) is 32.6 Å². The van der Waals surface area contributed by atoms with Gasteiger partial charge in [0.15, 0.2) is 0 Å². The van der Waals surface area contributed by atoms with Crippen LogP contribution < -0.4 is 11.1 Å². The molecule has 0 unspecified atom stereocenters. The number of rotatable bonds is 4. The second-order valence-corrected chi connectivity index (χ2v) is 6.08. The van der Waals surface area contributed by atoms with Gasteiger partial charge in [0, 0.05) is 17.8 Å². The highest BCUT2D eigenvalue weighted by molar-refractivity contribution is 5.95. The molecular weight excluding hydrogens is 268 g/mol. The Morgan fingerprint density at radius 3 is 2.62 bits per heavy atom. The summed E-state index contributed by atoms with van der Waals surface area (Å²) in [6.45, 7) is 2.31. The summed E-state index contributed by atoms with van der Waals surface area (Å²) in [7, 11) is 0. The minimum atomic E-state index is -0.831. The molecule has 114 valence electrons. The maximum atomic E-state index is 12.1. The number of nitrogen functional groups attached to an aromatic ring is 1. The van der Waals surface area contributed by atoms with Gasteiger partial charge < -0.3 is 16.2 Å². The van der Waals surface area contributed by atoms with Gasteiger partial charge in [-0.3, -0.25) is 9.59 Å². The summed E-state index contributed by atoms with van der Waals surface area (Å²) >= 11 is 0. The van der Waals surface area contributed by atoms with Crippen LogP contribution in [0.5, 0.6) is 0 Å². The van der Waals surface area contributed by atoms with Crippen LogP contribution in [0.15, 0.2) is 24.3 Å². The Morgan fingerprint density at radius 2 is 2.05 bits per heavy atom. The molecule has 1 amide bonds. The third-order valence-electron chi connectivity index (χ3n) is 4.42. The van der Waals surface area contributed by atoms with E-state index in [9.17, 15) is 14.7 Å². The fourth-order valence-electron chi connectivity index (χ4n) is 2.81. The molecule has 4 N–H and O–H groups in total. The van der Waals surface area contributed by atoms with Gasteiger partial charge >= 0.3 is 5.97 Å². The van der Waals surface area contributed by atoms with Gasteiger partial charge in [-0.25, -0.2) is 0 Å². The summed E-state index contributed by atoms with van der Waals surface area (Å²) < 4.78 is 0. The van der Waals surface area contributed by atoms with E-state index in [1.165, 1.54) is 0 Å². The minimum Gasteiger partial charge on any atom is -0.481 e. The van der Waals surface area contributed by atoms with Crippen LogP contribution in [0.2, 0.25) is 0 Å². The van der Waals surface area contributed by atoms with E-state index in [4.69, 9.17) is 5.73 Å². The fourth-order valence-corrected chi connectivity index (χ4v) is 2.81. The quantitative estimate of drug-likeness (QED) is 0.742. The van der Waals surface area contributed by atoms with Gasteiger partial charge in [0.2, 0.25) is 0 Å². The molecule has 5 heteroatoms. The Labute approximate surface area is 124 Å². The SMILES string of the molecule is CC1CCC(CNC(=O)c2cccc(N)c2)(C(=O)O)CC1. The number of benzene rings is 1. The van der Waals surface area contributed by atoms with Crippen molar-refractivity contribution in [2.24, 2.45) is 11.3 Å². The van der Waals surface area contributed by atoms with Crippen molar-refractivity contribution in [1.82, 2.24) is 5.32 Å². The highest BCUT2D eigenvalue weighted by Crippen LogP contribution is 2.38. The average molecular weight is 290 g/mol. The molecule has 0 saturated heterocycles. The first-order valence-corrected chi connectivity index (χ1v) is 7.30. The van der Waals surface area contributed by atoms with Gasteiger partial charge in [-0.15, -0.1) is 0 Å². The Balaban J connectivity index is 2.02. The summed E-state index contributed by atoms with van der Waals surface area (Å²) in [5.41, 5.74) is 5.79. The first-order chi connectivity index (χ1) is 9.93. The van der Waals surface area contributed by atoms with Crippen LogP contribution in [0.4, 0.5) is 5.69 Å². The molecule has 2 rings (SSSR count). The number of carboxylic acid groups (broad SMARTS) is 1. The fraction of sp³-hybridized carbons (Fsp3) is 0.500. The molecule has 1 aliphatic carbocycles. The zero-order chi connectivity index (χ0) is 15.5. The molecule has 0 atom stereocenters. The number of amides is 1. The van der Waals surface area contributed by atoms with Crippen molar-refractivity contribution < 1.29 is 14.7 Å². The number of hydrogen-bond donors (Lipinski definition) is 3. The number of nitrogens with one attached hydrogen (secondary N) is 1. The number of carbonyl (C=O) groups excluding carboxylic acids is 1. The van der Waals surface area contributed by atoms with E-state index in [2.05, 4.69) is 12.2 Å². The van der Waals surface area contributed by atoms with Crippen molar-refractivity contribution in [3.05, 3.63) is 29.8 Å². The van der Waals surface area contributed by atoms with Crippen LogP contribution in [0, 0.1) is 11.3 Å². The number of carboxylic acids is 1. The molecule has 1 fully saturated rings. The second kappa shape index (κ2) is 6.16. The minimum absolute atomic E-state index is 0.169. The molecule has 0 spiro atoms. The van der Waals surface area contributed by atoms with Gasteiger partial charge in [0.25, 0.3) is 5.91 Å². The van der Waals surface area contributed by atoms with Crippen molar-refractivity contribution in [3.63, 3.8) is 0 Å². The van der Waals surface area contributed by atoms with Crippen LogP contribution in [0.3, 0.4) is 0 Å². The molecule has 0 bridgehead atoms. The normalized spacial score (nSPS) is 25.3. The maximum Gasteiger partial charge on any atom is 0.311 e. The lowest BCUT2D eigenvalue weighted by atomic mass is 9.71. The van der Waals surface area contributed by atoms with E-state index in [1.807, 2.05) is 0 Å². The van der Waals surface area contributed by atoms with Gasteiger partial charge in [-0.05, 0) is 49.8 Å². The summed E-state index contributed by atoms with van der Waals surface area (Å²) in [4.78, 5) is 23.7. The zero-order valence-electron chi connectivity index (χ0n) is 12.3. The molecule has 0 aromatic heterocycles. The predicted octanol–water partition coefficient (Wildman–Crippen LogP) is 2.28. The third kappa shape index (κ3) is 3.54. The van der Waals surface area contributed by atoms with E-state index in [0.717, 1.165) is 12.8 Å². The van der Waals surface area contributed by atoms with E-state index in [1.54, 1.807) is 24.3 Å². The third-order valence-corrected chi connectivity index (χ3v) is 4.42. The Bertz CT molecular complexity index is 534. The van der Waals surface area contributed by atoms with Crippen LogP contribution in [0.1, 0.15) is 43.0 Å². The maximum absolute atomic E-state index is 12.1. The highest BCUT2D eigenvalue weighted by atomic mass is 16.4. The average Bonchev–Trinajstić information content (AvgIpc) is 2.46. The van der Waals surface area contributed by atoms with Crippen LogP contribution in [-0.2, 0) is 4.79 Å².